The number of aliphatic carboxylic acids is 1. The van der Waals surface area contributed by atoms with Gasteiger partial charge >= 0.3 is 5.97 Å². The van der Waals surface area contributed by atoms with Crippen molar-refractivity contribution < 1.29 is 9.90 Å². The van der Waals surface area contributed by atoms with Gasteiger partial charge in [0, 0.05) is 24.5 Å². The smallest absolute Gasteiger partial charge is 0.311 e. The first-order valence-electron chi connectivity index (χ1n) is 6.32. The van der Waals surface area contributed by atoms with Crippen molar-refractivity contribution in [3.05, 3.63) is 22.7 Å². The molecule has 19 heavy (non-hydrogen) atoms. The molecule has 1 aromatic rings. The van der Waals surface area contributed by atoms with E-state index in [4.69, 9.17) is 5.11 Å². The lowest BCUT2D eigenvalue weighted by molar-refractivity contribution is -0.142. The van der Waals surface area contributed by atoms with Crippen LogP contribution >= 0.6 is 0 Å². The number of anilines is 1. The van der Waals surface area contributed by atoms with Gasteiger partial charge in [0.1, 0.15) is 0 Å². The molecule has 6 nitrogen and oxygen atoms in total. The van der Waals surface area contributed by atoms with E-state index < -0.39 is 11.4 Å². The van der Waals surface area contributed by atoms with Gasteiger partial charge in [-0.25, -0.2) is 4.98 Å². The molecule has 1 saturated carbocycles. The molecule has 104 valence electrons. The minimum absolute atomic E-state index is 0.213. The second kappa shape index (κ2) is 4.36. The SMILES string of the molecule is CC(C)(C)n1ccnc(NCC2(C(=O)O)CC2)c1=O. The number of hydrogen-bond acceptors (Lipinski definition) is 4. The normalized spacial score (nSPS) is 17.0. The predicted molar refractivity (Wildman–Crippen MR) is 71.3 cm³/mol. The molecule has 0 aromatic carbocycles. The number of carbonyl (C=O) groups is 1. The molecule has 1 aromatic heterocycles. The van der Waals surface area contributed by atoms with Crippen LogP contribution in [-0.2, 0) is 10.3 Å². The number of carboxylic acids is 1. The van der Waals surface area contributed by atoms with Crippen molar-refractivity contribution in [1.82, 2.24) is 9.55 Å². The van der Waals surface area contributed by atoms with Crippen molar-refractivity contribution in [2.75, 3.05) is 11.9 Å². The summed E-state index contributed by atoms with van der Waals surface area (Å²) >= 11 is 0. The van der Waals surface area contributed by atoms with Crippen LogP contribution in [0.5, 0.6) is 0 Å². The van der Waals surface area contributed by atoms with Crippen LogP contribution in [0.1, 0.15) is 33.6 Å². The van der Waals surface area contributed by atoms with Crippen LogP contribution in [-0.4, -0.2) is 27.2 Å². The molecule has 1 heterocycles. The molecule has 1 aliphatic carbocycles. The van der Waals surface area contributed by atoms with E-state index in [0.717, 1.165) is 0 Å². The number of aromatic nitrogens is 2. The van der Waals surface area contributed by atoms with E-state index in [-0.39, 0.29) is 23.5 Å². The Balaban J connectivity index is 2.19. The molecule has 0 radical (unpaired) electrons. The van der Waals surface area contributed by atoms with Crippen LogP contribution in [0, 0.1) is 5.41 Å². The van der Waals surface area contributed by atoms with Gasteiger partial charge in [-0.1, -0.05) is 0 Å². The van der Waals surface area contributed by atoms with Crippen LogP contribution in [0.4, 0.5) is 5.82 Å². The molecular formula is C13H19N3O3. The zero-order chi connectivity index (χ0) is 14.3. The van der Waals surface area contributed by atoms with Crippen molar-refractivity contribution in [3.8, 4) is 0 Å². The standard InChI is InChI=1S/C13H19N3O3/c1-12(2,3)16-7-6-14-9(10(16)17)15-8-13(4-5-13)11(18)19/h6-7H,4-5,8H2,1-3H3,(H,14,15)(H,18,19). The Hall–Kier alpha value is -1.85. The Kier molecular flexibility index (Phi) is 3.12. The number of nitrogens with one attached hydrogen (secondary N) is 1. The molecule has 0 aliphatic heterocycles. The predicted octanol–water partition coefficient (Wildman–Crippen LogP) is 1.27. The largest absolute Gasteiger partial charge is 0.481 e. The molecule has 0 bridgehead atoms. The van der Waals surface area contributed by atoms with Gasteiger partial charge in [0.2, 0.25) is 0 Å². The molecule has 6 heteroatoms. The van der Waals surface area contributed by atoms with Crippen molar-refractivity contribution >= 4 is 11.8 Å². The average molecular weight is 265 g/mol. The number of rotatable bonds is 4. The first-order valence-corrected chi connectivity index (χ1v) is 6.32. The fourth-order valence-electron chi connectivity index (χ4n) is 1.93. The van der Waals surface area contributed by atoms with Gasteiger partial charge in [0.05, 0.1) is 5.41 Å². The van der Waals surface area contributed by atoms with Crippen molar-refractivity contribution in [3.63, 3.8) is 0 Å². The highest BCUT2D eigenvalue weighted by atomic mass is 16.4. The van der Waals surface area contributed by atoms with Gasteiger partial charge in [0.25, 0.3) is 5.56 Å². The molecular weight excluding hydrogens is 246 g/mol. The zero-order valence-electron chi connectivity index (χ0n) is 11.4. The lowest BCUT2D eigenvalue weighted by atomic mass is 10.1. The highest BCUT2D eigenvalue weighted by Crippen LogP contribution is 2.45. The molecule has 2 N–H and O–H groups in total. The highest BCUT2D eigenvalue weighted by molar-refractivity contribution is 5.78. The lowest BCUT2D eigenvalue weighted by Gasteiger charge is -2.22. The van der Waals surface area contributed by atoms with Crippen molar-refractivity contribution in [2.24, 2.45) is 5.41 Å². The highest BCUT2D eigenvalue weighted by Gasteiger charge is 2.50. The number of carboxylic acid groups (broad SMARTS) is 1. The van der Waals surface area contributed by atoms with Crippen molar-refractivity contribution in [2.45, 2.75) is 39.2 Å². The molecule has 1 aliphatic rings. The van der Waals surface area contributed by atoms with Crippen LogP contribution in [0.15, 0.2) is 17.2 Å². The maximum absolute atomic E-state index is 12.2. The van der Waals surface area contributed by atoms with E-state index in [0.29, 0.717) is 12.8 Å². The van der Waals surface area contributed by atoms with Crippen LogP contribution in [0.2, 0.25) is 0 Å². The molecule has 0 atom stereocenters. The van der Waals surface area contributed by atoms with Gasteiger partial charge in [-0.15, -0.1) is 0 Å². The summed E-state index contributed by atoms with van der Waals surface area (Å²) in [6.07, 6.45) is 4.48. The average Bonchev–Trinajstić information content (AvgIpc) is 3.07. The molecule has 2 rings (SSSR count). The monoisotopic (exact) mass is 265 g/mol. The van der Waals surface area contributed by atoms with E-state index in [2.05, 4.69) is 10.3 Å². The summed E-state index contributed by atoms with van der Waals surface area (Å²) in [4.78, 5) is 27.3. The third-order valence-electron chi connectivity index (χ3n) is 3.46. The third-order valence-corrected chi connectivity index (χ3v) is 3.46. The topological polar surface area (TPSA) is 84.2 Å². The second-order valence-electron chi connectivity index (χ2n) is 6.06. The van der Waals surface area contributed by atoms with Crippen molar-refractivity contribution in [1.29, 1.82) is 0 Å². The van der Waals surface area contributed by atoms with Gasteiger partial charge in [-0.3, -0.25) is 9.59 Å². The van der Waals surface area contributed by atoms with Gasteiger partial charge in [-0.05, 0) is 33.6 Å². The van der Waals surface area contributed by atoms with Crippen LogP contribution in [0.3, 0.4) is 0 Å². The number of nitrogens with zero attached hydrogens (tertiary/aromatic N) is 2. The van der Waals surface area contributed by atoms with E-state index in [1.807, 2.05) is 20.8 Å². The zero-order valence-corrected chi connectivity index (χ0v) is 11.4. The summed E-state index contributed by atoms with van der Waals surface area (Å²) in [6, 6.07) is 0. The van der Waals surface area contributed by atoms with E-state index in [1.165, 1.54) is 0 Å². The molecule has 1 fully saturated rings. The van der Waals surface area contributed by atoms with E-state index in [9.17, 15) is 9.59 Å². The second-order valence-corrected chi connectivity index (χ2v) is 6.06. The van der Waals surface area contributed by atoms with E-state index in [1.54, 1.807) is 17.0 Å². The lowest BCUT2D eigenvalue weighted by Crippen LogP contribution is -2.36. The van der Waals surface area contributed by atoms with Gasteiger partial charge < -0.3 is 15.0 Å². The van der Waals surface area contributed by atoms with Gasteiger partial charge in [-0.2, -0.15) is 0 Å². The Morgan fingerprint density at radius 1 is 1.53 bits per heavy atom. The summed E-state index contributed by atoms with van der Waals surface area (Å²) in [5, 5.41) is 12.0. The number of hydrogen-bond donors (Lipinski definition) is 2. The summed E-state index contributed by atoms with van der Waals surface area (Å²) in [5.74, 6) is -0.600. The summed E-state index contributed by atoms with van der Waals surface area (Å²) < 4.78 is 1.59. The van der Waals surface area contributed by atoms with Crippen LogP contribution in [0.25, 0.3) is 0 Å². The van der Waals surface area contributed by atoms with Crippen LogP contribution < -0.4 is 10.9 Å². The maximum atomic E-state index is 12.2. The Morgan fingerprint density at radius 3 is 2.63 bits per heavy atom. The third kappa shape index (κ3) is 2.62. The fourth-order valence-corrected chi connectivity index (χ4v) is 1.93. The molecule has 0 saturated heterocycles. The Bertz CT molecular complexity index is 553. The Morgan fingerprint density at radius 2 is 2.16 bits per heavy atom. The first kappa shape index (κ1) is 13.6. The summed E-state index contributed by atoms with van der Waals surface area (Å²) in [5.41, 5.74) is -1.27. The quantitative estimate of drug-likeness (QED) is 0.856. The summed E-state index contributed by atoms with van der Waals surface area (Å²) in [6.45, 7) is 6.03. The maximum Gasteiger partial charge on any atom is 0.311 e. The van der Waals surface area contributed by atoms with E-state index >= 15 is 0 Å². The molecule has 0 spiro atoms. The molecule has 0 unspecified atom stereocenters. The Labute approximate surface area is 111 Å². The molecule has 0 amide bonds. The fraction of sp³-hybridized carbons (Fsp3) is 0.615. The summed E-state index contributed by atoms with van der Waals surface area (Å²) in [7, 11) is 0. The first-order chi connectivity index (χ1) is 8.76. The minimum atomic E-state index is -0.813. The minimum Gasteiger partial charge on any atom is -0.481 e. The van der Waals surface area contributed by atoms with Gasteiger partial charge in [0.15, 0.2) is 5.82 Å².